The molecule has 0 radical (unpaired) electrons. The van der Waals surface area contributed by atoms with Gasteiger partial charge in [0.2, 0.25) is 0 Å². The number of unbranched alkanes of at least 4 members (excludes halogenated alkanes) is 13. The van der Waals surface area contributed by atoms with Crippen molar-refractivity contribution >= 4 is 30.4 Å². The smallest absolute Gasteiger partial charge is 0.319 e. The van der Waals surface area contributed by atoms with Gasteiger partial charge < -0.3 is 19.2 Å². The van der Waals surface area contributed by atoms with E-state index in [2.05, 4.69) is 124 Å². The number of aliphatic hydroxyl groups is 1. The lowest BCUT2D eigenvalue weighted by atomic mass is 9.94. The highest BCUT2D eigenvalue weighted by Gasteiger charge is 2.52. The van der Waals surface area contributed by atoms with Crippen LogP contribution in [0.5, 0.6) is 5.75 Å². The second-order valence-electron chi connectivity index (χ2n) is 17.6. The van der Waals surface area contributed by atoms with Gasteiger partial charge in [0, 0.05) is 30.8 Å². The van der Waals surface area contributed by atoms with E-state index >= 15 is 0 Å². The summed E-state index contributed by atoms with van der Waals surface area (Å²) in [5.74, 6) is -0.307. The van der Waals surface area contributed by atoms with Gasteiger partial charge in [0.1, 0.15) is 17.8 Å². The summed E-state index contributed by atoms with van der Waals surface area (Å²) in [5.41, 5.74) is 1.67. The average molecular weight is 810 g/mol. The molecule has 0 aromatic heterocycles. The summed E-state index contributed by atoms with van der Waals surface area (Å²) in [6.45, 7) is 11.8. The maximum absolute atomic E-state index is 13.4. The number of carbonyl (C=O) groups is 2. The van der Waals surface area contributed by atoms with Crippen molar-refractivity contribution in [3.63, 3.8) is 0 Å². The zero-order valence-electron chi connectivity index (χ0n) is 36.9. The quantitative estimate of drug-likeness (QED) is 0.0377. The summed E-state index contributed by atoms with van der Waals surface area (Å²) < 4.78 is 12.4. The molecule has 1 saturated heterocycles. The first-order valence-corrected chi connectivity index (χ1v) is 24.6. The molecule has 0 aliphatic carbocycles. The van der Waals surface area contributed by atoms with Gasteiger partial charge in [-0.25, -0.2) is 0 Å². The molecule has 1 heterocycles. The first-order chi connectivity index (χ1) is 28.1. The van der Waals surface area contributed by atoms with E-state index in [9.17, 15) is 14.7 Å². The highest BCUT2D eigenvalue weighted by Crippen LogP contribution is 2.39. The van der Waals surface area contributed by atoms with Crippen LogP contribution in [0.4, 0.5) is 0 Å². The van der Waals surface area contributed by atoms with Gasteiger partial charge in [-0.2, -0.15) is 0 Å². The number of aliphatic hydroxyl groups excluding tert-OH is 1. The molecule has 0 spiro atoms. The molecule has 3 atom stereocenters. The van der Waals surface area contributed by atoms with Gasteiger partial charge >= 0.3 is 14.3 Å². The van der Waals surface area contributed by atoms with Crippen LogP contribution in [0.25, 0.3) is 0 Å². The Morgan fingerprint density at radius 1 is 0.707 bits per heavy atom. The third-order valence-electron chi connectivity index (χ3n) is 12.2. The largest absolute Gasteiger partial charge is 0.534 e. The zero-order chi connectivity index (χ0) is 41.8. The molecule has 318 valence electrons. The molecule has 58 heavy (non-hydrogen) atoms. The van der Waals surface area contributed by atoms with Crippen molar-refractivity contribution < 1.29 is 23.9 Å². The van der Waals surface area contributed by atoms with Crippen LogP contribution in [0.2, 0.25) is 5.04 Å². The molecule has 1 fully saturated rings. The molecule has 0 amide bonds. The van der Waals surface area contributed by atoms with Crippen LogP contribution in [-0.4, -0.2) is 55.9 Å². The second kappa shape index (κ2) is 24.4. The molecule has 0 bridgehead atoms. The Hall–Kier alpha value is -3.68. The zero-order valence-corrected chi connectivity index (χ0v) is 37.9. The number of nitrogens with zero attached hydrogens (tertiary/aromatic N) is 1. The number of benzene rings is 3. The van der Waals surface area contributed by atoms with E-state index in [0.717, 1.165) is 37.0 Å². The van der Waals surface area contributed by atoms with E-state index in [1.807, 2.05) is 0 Å². The van der Waals surface area contributed by atoms with Crippen LogP contribution in [0.3, 0.4) is 0 Å². The van der Waals surface area contributed by atoms with Crippen molar-refractivity contribution in [3.05, 3.63) is 102 Å². The predicted molar refractivity (Wildman–Crippen MR) is 243 cm³/mol. The molecule has 1 N–H and O–H groups in total. The second-order valence-corrected chi connectivity index (χ2v) is 21.8. The summed E-state index contributed by atoms with van der Waals surface area (Å²) >= 11 is 0. The van der Waals surface area contributed by atoms with Gasteiger partial charge in [-0.3, -0.25) is 9.59 Å². The van der Waals surface area contributed by atoms with Crippen LogP contribution in [0.15, 0.2) is 96.7 Å². The number of allylic oxidation sites excluding steroid dienone is 1. The van der Waals surface area contributed by atoms with Crippen molar-refractivity contribution in [2.75, 3.05) is 13.7 Å². The van der Waals surface area contributed by atoms with E-state index in [4.69, 9.17) is 9.16 Å². The van der Waals surface area contributed by atoms with Gasteiger partial charge in [-0.15, -0.1) is 0 Å². The number of carbonyl (C=O) groups excluding carboxylic acids is 2. The van der Waals surface area contributed by atoms with Crippen LogP contribution in [0.1, 0.15) is 149 Å². The van der Waals surface area contributed by atoms with Gasteiger partial charge in [0.25, 0.3) is 0 Å². The van der Waals surface area contributed by atoms with Gasteiger partial charge in [-0.05, 0) is 52.4 Å². The molecule has 0 saturated carbocycles. The molecule has 4 rings (SSSR count). The Labute approximate surface area is 353 Å². The van der Waals surface area contributed by atoms with Crippen molar-refractivity contribution in [1.29, 1.82) is 0 Å². The average Bonchev–Trinajstić information content (AvgIpc) is 3.48. The minimum atomic E-state index is -2.77. The lowest BCUT2D eigenvalue weighted by Crippen LogP contribution is -2.68. The minimum Gasteiger partial charge on any atom is -0.534 e. The fourth-order valence-electron chi connectivity index (χ4n) is 9.00. The number of likely N-dealkylation sites (tertiary alicyclic amines) is 1. The first-order valence-electron chi connectivity index (χ1n) is 22.7. The van der Waals surface area contributed by atoms with Crippen LogP contribution < -0.4 is 14.8 Å². The van der Waals surface area contributed by atoms with E-state index in [1.54, 1.807) is 6.08 Å². The fourth-order valence-corrected chi connectivity index (χ4v) is 13.4. The molecule has 3 aromatic carbocycles. The topological polar surface area (TPSA) is 76.1 Å². The molecular formula is C51H75NO5Si. The predicted octanol–water partition coefficient (Wildman–Crippen LogP) is 11.1. The number of ketones is 1. The third kappa shape index (κ3) is 13.2. The van der Waals surface area contributed by atoms with E-state index in [0.29, 0.717) is 31.5 Å². The Bertz CT molecular complexity index is 1610. The molecule has 7 heteroatoms. The number of esters is 1. The van der Waals surface area contributed by atoms with Crippen molar-refractivity contribution in [2.24, 2.45) is 5.92 Å². The van der Waals surface area contributed by atoms with Crippen molar-refractivity contribution in [1.82, 2.24) is 4.90 Å². The summed E-state index contributed by atoms with van der Waals surface area (Å²) in [7, 11) is -1.39. The molecule has 6 nitrogen and oxygen atoms in total. The highest BCUT2D eigenvalue weighted by atomic mass is 28.4. The van der Waals surface area contributed by atoms with E-state index in [-0.39, 0.29) is 16.9 Å². The lowest BCUT2D eigenvalue weighted by Gasteiger charge is -2.43. The van der Waals surface area contributed by atoms with Crippen LogP contribution in [0, 0.1) is 5.92 Å². The Morgan fingerprint density at radius 2 is 1.21 bits per heavy atom. The number of rotatable bonds is 26. The fraction of sp³-hybridized carbons (Fsp3) is 0.569. The van der Waals surface area contributed by atoms with E-state index < -0.39 is 26.3 Å². The summed E-state index contributed by atoms with van der Waals surface area (Å²) in [6.07, 6.45) is 21.0. The molecule has 0 unspecified atom stereocenters. The SMILES string of the molecule is CCCCCCCCCCCCCCCCC(=O)/C=C1\[C@H](O)[C@@H](C(=O)OC)[C@H](CCC)N1CCc1ccc(O[Si](c2ccccc2)(c2ccccc2)C(C)(C)C)cc1. The number of ether oxygens (including phenoxy) is 1. The number of methoxy groups -OCH3 is 1. The third-order valence-corrected chi connectivity index (χ3v) is 17.1. The van der Waals surface area contributed by atoms with Crippen molar-refractivity contribution in [3.8, 4) is 5.75 Å². The molecule has 3 aromatic rings. The van der Waals surface area contributed by atoms with Crippen LogP contribution in [-0.2, 0) is 20.7 Å². The van der Waals surface area contributed by atoms with Gasteiger partial charge in [-0.1, -0.05) is 197 Å². The summed E-state index contributed by atoms with van der Waals surface area (Å²) in [6, 6.07) is 29.5. The maximum atomic E-state index is 13.4. The summed E-state index contributed by atoms with van der Waals surface area (Å²) in [4.78, 5) is 28.6. The monoisotopic (exact) mass is 810 g/mol. The Kier molecular flexibility index (Phi) is 19.8. The van der Waals surface area contributed by atoms with E-state index in [1.165, 1.54) is 88.1 Å². The minimum absolute atomic E-state index is 0.0172. The number of hydrogen-bond acceptors (Lipinski definition) is 6. The Morgan fingerprint density at radius 3 is 1.67 bits per heavy atom. The highest BCUT2D eigenvalue weighted by molar-refractivity contribution is 7.00. The first kappa shape index (κ1) is 47.0. The molecular weight excluding hydrogens is 735 g/mol. The van der Waals surface area contributed by atoms with Crippen molar-refractivity contribution in [2.45, 2.75) is 167 Å². The molecule has 1 aliphatic heterocycles. The van der Waals surface area contributed by atoms with Crippen LogP contribution >= 0.6 is 0 Å². The Balaban J connectivity index is 1.39. The number of hydrogen-bond donors (Lipinski definition) is 1. The maximum Gasteiger partial charge on any atom is 0.319 e. The van der Waals surface area contributed by atoms with Gasteiger partial charge in [0.15, 0.2) is 5.78 Å². The van der Waals surface area contributed by atoms with Gasteiger partial charge in [0.05, 0.1) is 7.11 Å². The summed E-state index contributed by atoms with van der Waals surface area (Å²) in [5, 5.41) is 13.9. The normalized spacial score (nSPS) is 17.8. The standard InChI is InChI=1S/C51H75NO5Si/c1-7-9-10-11-12-13-14-15-16-17-18-19-20-23-29-42(53)40-47-49(54)48(50(55)56-6)46(28-8-2)52(47)39-38-41-34-36-43(37-35-41)57-58(51(3,4)5,44-30-24-21-25-31-44)45-32-26-22-27-33-45/h21-22,24-27,30-37,40,46,48-49,54H,7-20,23,28-29,38-39H2,1-6H3/b47-40+/t46-,48-,49-/m0/s1. The molecule has 1 aliphatic rings. The lowest BCUT2D eigenvalue weighted by molar-refractivity contribution is -0.149.